The van der Waals surface area contributed by atoms with E-state index in [2.05, 4.69) is 20.4 Å². The molecule has 4 aromatic rings. The first-order valence-corrected chi connectivity index (χ1v) is 7.85. The number of hydrogen-bond donors (Lipinski definition) is 0. The molecule has 24 heavy (non-hydrogen) atoms. The average Bonchev–Trinajstić information content (AvgIpc) is 3.34. The molecule has 0 spiro atoms. The Hall–Kier alpha value is -2.94. The fourth-order valence-corrected chi connectivity index (χ4v) is 2.51. The van der Waals surface area contributed by atoms with Gasteiger partial charge in [0.15, 0.2) is 5.76 Å². The lowest BCUT2D eigenvalue weighted by atomic mass is 10.2. The maximum Gasteiger partial charge on any atom is 0.283 e. The van der Waals surface area contributed by atoms with Crippen LogP contribution in [0.15, 0.2) is 61.1 Å². The highest BCUT2D eigenvalue weighted by Gasteiger charge is 2.14. The van der Waals surface area contributed by atoms with Gasteiger partial charge in [-0.05, 0) is 36.4 Å². The fourth-order valence-electron chi connectivity index (χ4n) is 1.91. The van der Waals surface area contributed by atoms with E-state index in [-0.39, 0.29) is 5.82 Å². The Balaban J connectivity index is 1.42. The molecule has 1 aromatic carbocycles. The molecule has 0 aliphatic rings. The van der Waals surface area contributed by atoms with Gasteiger partial charge in [-0.3, -0.25) is 0 Å². The summed E-state index contributed by atoms with van der Waals surface area (Å²) in [5.41, 5.74) is 0.647. The smallest absolute Gasteiger partial charge is 0.283 e. The van der Waals surface area contributed by atoms with Crippen LogP contribution in [-0.2, 0) is 5.75 Å². The molecule has 7 nitrogen and oxygen atoms in total. The Morgan fingerprint density at radius 1 is 0.917 bits per heavy atom. The van der Waals surface area contributed by atoms with Gasteiger partial charge < -0.3 is 13.3 Å². The van der Waals surface area contributed by atoms with Crippen molar-refractivity contribution in [3.8, 4) is 23.1 Å². The quantitative estimate of drug-likeness (QED) is 0.505. The second-order valence-electron chi connectivity index (χ2n) is 4.65. The minimum Gasteiger partial charge on any atom is -0.459 e. The van der Waals surface area contributed by atoms with Crippen LogP contribution in [-0.4, -0.2) is 20.4 Å². The zero-order valence-electron chi connectivity index (χ0n) is 12.0. The molecule has 0 N–H and O–H groups in total. The van der Waals surface area contributed by atoms with Gasteiger partial charge in [-0.1, -0.05) is 11.8 Å². The Morgan fingerprint density at radius 3 is 2.54 bits per heavy atom. The van der Waals surface area contributed by atoms with Gasteiger partial charge in [0.2, 0.25) is 11.8 Å². The first kappa shape index (κ1) is 14.6. The molecular formula is C15H9FN4O3S. The number of furan rings is 1. The molecule has 0 fully saturated rings. The summed E-state index contributed by atoms with van der Waals surface area (Å²) in [4.78, 5) is 0. The van der Waals surface area contributed by atoms with Crippen molar-refractivity contribution in [3.63, 3.8) is 0 Å². The van der Waals surface area contributed by atoms with Crippen molar-refractivity contribution in [2.24, 2.45) is 0 Å². The van der Waals surface area contributed by atoms with Gasteiger partial charge in [-0.15, -0.1) is 20.4 Å². The van der Waals surface area contributed by atoms with Gasteiger partial charge in [0.1, 0.15) is 5.82 Å². The Bertz CT molecular complexity index is 934. The predicted molar refractivity (Wildman–Crippen MR) is 81.3 cm³/mol. The number of halogens is 1. The van der Waals surface area contributed by atoms with Crippen molar-refractivity contribution in [3.05, 3.63) is 54.4 Å². The molecule has 0 unspecified atom stereocenters. The van der Waals surface area contributed by atoms with Crippen LogP contribution in [0.1, 0.15) is 5.89 Å². The van der Waals surface area contributed by atoms with E-state index in [1.165, 1.54) is 30.2 Å². The summed E-state index contributed by atoms with van der Waals surface area (Å²) >= 11 is 1.26. The van der Waals surface area contributed by atoms with E-state index in [4.69, 9.17) is 13.3 Å². The second-order valence-corrected chi connectivity index (χ2v) is 5.57. The van der Waals surface area contributed by atoms with Crippen molar-refractivity contribution < 1.29 is 17.6 Å². The van der Waals surface area contributed by atoms with E-state index in [1.54, 1.807) is 24.3 Å². The zero-order chi connectivity index (χ0) is 16.4. The van der Waals surface area contributed by atoms with Crippen LogP contribution in [0, 0.1) is 5.82 Å². The predicted octanol–water partition coefficient (Wildman–Crippen LogP) is 3.81. The van der Waals surface area contributed by atoms with Gasteiger partial charge in [0.05, 0.1) is 12.0 Å². The van der Waals surface area contributed by atoms with Crippen LogP contribution in [0.25, 0.3) is 23.1 Å². The highest BCUT2D eigenvalue weighted by atomic mass is 32.2. The first-order valence-electron chi connectivity index (χ1n) is 6.86. The van der Waals surface area contributed by atoms with E-state index in [1.807, 2.05) is 0 Å². The molecule has 3 aromatic heterocycles. The van der Waals surface area contributed by atoms with E-state index >= 15 is 0 Å². The third kappa shape index (κ3) is 3.06. The molecule has 120 valence electrons. The molecule has 0 bridgehead atoms. The Morgan fingerprint density at radius 2 is 1.75 bits per heavy atom. The summed E-state index contributed by atoms with van der Waals surface area (Å²) in [6.07, 6.45) is 1.53. The van der Waals surface area contributed by atoms with E-state index in [0.29, 0.717) is 40.0 Å². The second kappa shape index (κ2) is 6.28. The lowest BCUT2D eigenvalue weighted by molar-refractivity contribution is 0.463. The number of benzene rings is 1. The van der Waals surface area contributed by atoms with Crippen molar-refractivity contribution in [1.29, 1.82) is 0 Å². The van der Waals surface area contributed by atoms with Crippen molar-refractivity contribution in [2.75, 3.05) is 0 Å². The lowest BCUT2D eigenvalue weighted by Crippen LogP contribution is -1.80. The topological polar surface area (TPSA) is 91.0 Å². The standard InChI is InChI=1S/C15H9FN4O3S/c16-10-5-3-9(4-6-10)13-18-20-15(23-13)24-8-12-17-19-14(22-12)11-2-1-7-21-11/h1-7H,8H2. The van der Waals surface area contributed by atoms with Crippen LogP contribution in [0.5, 0.6) is 0 Å². The molecule has 0 aliphatic carbocycles. The van der Waals surface area contributed by atoms with Gasteiger partial charge in [-0.2, -0.15) is 0 Å². The maximum atomic E-state index is 12.9. The van der Waals surface area contributed by atoms with Gasteiger partial charge in [0.25, 0.3) is 11.1 Å². The fraction of sp³-hybridized carbons (Fsp3) is 0.0667. The number of aromatic nitrogens is 4. The van der Waals surface area contributed by atoms with Crippen molar-refractivity contribution in [1.82, 2.24) is 20.4 Å². The molecule has 0 amide bonds. The highest BCUT2D eigenvalue weighted by molar-refractivity contribution is 7.98. The minimum atomic E-state index is -0.323. The largest absolute Gasteiger partial charge is 0.459 e. The number of rotatable bonds is 5. The third-order valence-electron chi connectivity index (χ3n) is 3.02. The van der Waals surface area contributed by atoms with Crippen molar-refractivity contribution >= 4 is 11.8 Å². The summed E-state index contributed by atoms with van der Waals surface area (Å²) in [5.74, 6) is 1.60. The number of thioether (sulfide) groups is 1. The highest BCUT2D eigenvalue weighted by Crippen LogP contribution is 2.26. The normalized spacial score (nSPS) is 11.0. The monoisotopic (exact) mass is 344 g/mol. The van der Waals surface area contributed by atoms with Crippen LogP contribution in [0.4, 0.5) is 4.39 Å². The minimum absolute atomic E-state index is 0.313. The molecule has 0 aliphatic heterocycles. The van der Waals surface area contributed by atoms with Gasteiger partial charge >= 0.3 is 0 Å². The van der Waals surface area contributed by atoms with Crippen molar-refractivity contribution in [2.45, 2.75) is 11.0 Å². The molecule has 0 radical (unpaired) electrons. The lowest BCUT2D eigenvalue weighted by Gasteiger charge is -1.93. The first-order chi connectivity index (χ1) is 11.8. The van der Waals surface area contributed by atoms with Crippen LogP contribution >= 0.6 is 11.8 Å². The number of hydrogen-bond acceptors (Lipinski definition) is 8. The molecule has 0 saturated carbocycles. The molecule has 4 rings (SSSR count). The summed E-state index contributed by atoms with van der Waals surface area (Å²) in [7, 11) is 0. The zero-order valence-corrected chi connectivity index (χ0v) is 12.9. The summed E-state index contributed by atoms with van der Waals surface area (Å²) in [5, 5.41) is 16.1. The molecule has 9 heteroatoms. The summed E-state index contributed by atoms with van der Waals surface area (Å²) in [6, 6.07) is 9.29. The Kier molecular flexibility index (Phi) is 3.83. The van der Waals surface area contributed by atoms with E-state index < -0.39 is 0 Å². The van der Waals surface area contributed by atoms with E-state index in [0.717, 1.165) is 0 Å². The van der Waals surface area contributed by atoms with Gasteiger partial charge in [-0.25, -0.2) is 4.39 Å². The summed E-state index contributed by atoms with van der Waals surface area (Å²) in [6.45, 7) is 0. The third-order valence-corrected chi connectivity index (χ3v) is 3.82. The van der Waals surface area contributed by atoms with Crippen LogP contribution in [0.2, 0.25) is 0 Å². The van der Waals surface area contributed by atoms with Gasteiger partial charge in [0, 0.05) is 5.56 Å². The van der Waals surface area contributed by atoms with Crippen LogP contribution in [0.3, 0.4) is 0 Å². The molecule has 3 heterocycles. The van der Waals surface area contributed by atoms with E-state index in [9.17, 15) is 4.39 Å². The average molecular weight is 344 g/mol. The number of nitrogens with zero attached hydrogens (tertiary/aromatic N) is 4. The molecule has 0 saturated heterocycles. The maximum absolute atomic E-state index is 12.9. The Labute approximate surface area is 138 Å². The SMILES string of the molecule is Fc1ccc(-c2nnc(SCc3nnc(-c4ccco4)o3)o2)cc1. The van der Waals surface area contributed by atoms with Crippen LogP contribution < -0.4 is 0 Å². The summed E-state index contributed by atoms with van der Waals surface area (Å²) < 4.78 is 29.1. The molecule has 0 atom stereocenters. The molecular weight excluding hydrogens is 335 g/mol.